The molecule has 1 aliphatic rings. The number of fused-ring (bicyclic) bond motifs is 1. The number of hydrogen-bond acceptors (Lipinski definition) is 2. The SMILES string of the molecule is Cc1cccc2scc(CNC3CCC3)c12. The summed E-state index contributed by atoms with van der Waals surface area (Å²) in [6, 6.07) is 7.36. The van der Waals surface area contributed by atoms with Gasteiger partial charge in [0.2, 0.25) is 0 Å². The van der Waals surface area contributed by atoms with E-state index in [9.17, 15) is 0 Å². The molecule has 16 heavy (non-hydrogen) atoms. The molecule has 1 nitrogen and oxygen atoms in total. The van der Waals surface area contributed by atoms with Crippen molar-refractivity contribution < 1.29 is 0 Å². The molecule has 1 aromatic heterocycles. The molecule has 1 heterocycles. The standard InChI is InChI=1S/C14H17NS/c1-10-4-2-7-13-14(10)11(9-16-13)8-15-12-5-3-6-12/h2,4,7,9,12,15H,3,5-6,8H2,1H3. The van der Waals surface area contributed by atoms with Crippen LogP contribution in [0.25, 0.3) is 10.1 Å². The highest BCUT2D eigenvalue weighted by Gasteiger charge is 2.17. The van der Waals surface area contributed by atoms with E-state index in [1.54, 1.807) is 0 Å². The summed E-state index contributed by atoms with van der Waals surface area (Å²) in [6.07, 6.45) is 4.13. The van der Waals surface area contributed by atoms with E-state index >= 15 is 0 Å². The molecular formula is C14H17NS. The molecule has 2 heteroatoms. The molecule has 1 saturated carbocycles. The van der Waals surface area contributed by atoms with E-state index in [0.717, 1.165) is 12.6 Å². The van der Waals surface area contributed by atoms with Gasteiger partial charge in [0.1, 0.15) is 0 Å². The zero-order valence-corrected chi connectivity index (χ0v) is 10.4. The van der Waals surface area contributed by atoms with Gasteiger partial charge >= 0.3 is 0 Å². The largest absolute Gasteiger partial charge is 0.310 e. The summed E-state index contributed by atoms with van der Waals surface area (Å²) < 4.78 is 1.42. The van der Waals surface area contributed by atoms with Crippen molar-refractivity contribution in [3.8, 4) is 0 Å². The minimum atomic E-state index is 0.777. The summed E-state index contributed by atoms with van der Waals surface area (Å²) in [7, 11) is 0. The molecule has 1 N–H and O–H groups in total. The molecule has 0 atom stereocenters. The summed E-state index contributed by atoms with van der Waals surface area (Å²) in [5, 5.41) is 7.43. The Morgan fingerprint density at radius 3 is 3.00 bits per heavy atom. The fourth-order valence-electron chi connectivity index (χ4n) is 2.34. The van der Waals surface area contributed by atoms with E-state index in [-0.39, 0.29) is 0 Å². The Kier molecular flexibility index (Phi) is 2.70. The van der Waals surface area contributed by atoms with Gasteiger partial charge in [-0.25, -0.2) is 0 Å². The van der Waals surface area contributed by atoms with Gasteiger partial charge in [0.05, 0.1) is 0 Å². The summed E-state index contributed by atoms with van der Waals surface area (Å²) in [5.74, 6) is 0. The third-order valence-corrected chi connectivity index (χ3v) is 4.57. The molecule has 1 fully saturated rings. The average Bonchev–Trinajstić information content (AvgIpc) is 2.61. The Labute approximate surface area is 100 Å². The van der Waals surface area contributed by atoms with E-state index in [4.69, 9.17) is 0 Å². The molecule has 0 spiro atoms. The van der Waals surface area contributed by atoms with Crippen LogP contribution >= 0.6 is 11.3 Å². The quantitative estimate of drug-likeness (QED) is 0.846. The average molecular weight is 231 g/mol. The number of aryl methyl sites for hydroxylation is 1. The van der Waals surface area contributed by atoms with E-state index in [1.165, 1.54) is 40.5 Å². The zero-order chi connectivity index (χ0) is 11.0. The first kappa shape index (κ1) is 10.3. The minimum absolute atomic E-state index is 0.777. The third kappa shape index (κ3) is 1.76. The Morgan fingerprint density at radius 2 is 2.25 bits per heavy atom. The first-order valence-corrected chi connectivity index (χ1v) is 6.91. The predicted molar refractivity (Wildman–Crippen MR) is 71.0 cm³/mol. The fourth-order valence-corrected chi connectivity index (χ4v) is 3.38. The Bertz CT molecular complexity index is 496. The first-order valence-electron chi connectivity index (χ1n) is 6.03. The summed E-state index contributed by atoms with van der Waals surface area (Å²) in [5.41, 5.74) is 2.88. The Balaban J connectivity index is 1.85. The monoisotopic (exact) mass is 231 g/mol. The molecule has 0 amide bonds. The number of rotatable bonds is 3. The predicted octanol–water partition coefficient (Wildman–Crippen LogP) is 3.85. The van der Waals surface area contributed by atoms with Crippen LogP contribution in [0.2, 0.25) is 0 Å². The Morgan fingerprint density at radius 1 is 1.38 bits per heavy atom. The Hall–Kier alpha value is -0.860. The van der Waals surface area contributed by atoms with Gasteiger partial charge < -0.3 is 5.32 Å². The lowest BCUT2D eigenvalue weighted by Gasteiger charge is -2.26. The molecule has 0 aliphatic heterocycles. The second-order valence-electron chi connectivity index (χ2n) is 4.72. The van der Waals surface area contributed by atoms with Crippen molar-refractivity contribution in [2.75, 3.05) is 0 Å². The maximum absolute atomic E-state index is 3.65. The van der Waals surface area contributed by atoms with Crippen molar-refractivity contribution in [3.05, 3.63) is 34.7 Å². The van der Waals surface area contributed by atoms with Crippen molar-refractivity contribution in [2.24, 2.45) is 0 Å². The number of nitrogens with one attached hydrogen (secondary N) is 1. The topological polar surface area (TPSA) is 12.0 Å². The van der Waals surface area contributed by atoms with Crippen LogP contribution in [-0.4, -0.2) is 6.04 Å². The van der Waals surface area contributed by atoms with Gasteiger partial charge in [-0.3, -0.25) is 0 Å². The van der Waals surface area contributed by atoms with Crippen molar-refractivity contribution in [3.63, 3.8) is 0 Å². The van der Waals surface area contributed by atoms with E-state index in [1.807, 2.05) is 11.3 Å². The van der Waals surface area contributed by atoms with E-state index in [0.29, 0.717) is 0 Å². The van der Waals surface area contributed by atoms with Crippen LogP contribution < -0.4 is 5.32 Å². The number of hydrogen-bond donors (Lipinski definition) is 1. The van der Waals surface area contributed by atoms with Crippen LogP contribution in [0.3, 0.4) is 0 Å². The van der Waals surface area contributed by atoms with Crippen LogP contribution in [0, 0.1) is 6.92 Å². The second-order valence-corrected chi connectivity index (χ2v) is 5.63. The minimum Gasteiger partial charge on any atom is -0.310 e. The van der Waals surface area contributed by atoms with Gasteiger partial charge in [-0.2, -0.15) is 0 Å². The van der Waals surface area contributed by atoms with Gasteiger partial charge in [0.25, 0.3) is 0 Å². The highest BCUT2D eigenvalue weighted by atomic mass is 32.1. The lowest BCUT2D eigenvalue weighted by Crippen LogP contribution is -2.34. The first-order chi connectivity index (χ1) is 7.84. The zero-order valence-electron chi connectivity index (χ0n) is 9.62. The molecule has 1 aromatic carbocycles. The molecule has 1 aliphatic carbocycles. The summed E-state index contributed by atoms with van der Waals surface area (Å²) in [4.78, 5) is 0. The van der Waals surface area contributed by atoms with Crippen LogP contribution in [0.4, 0.5) is 0 Å². The molecule has 0 saturated heterocycles. The normalized spacial score (nSPS) is 16.6. The lowest BCUT2D eigenvalue weighted by molar-refractivity contribution is 0.339. The smallest absolute Gasteiger partial charge is 0.0348 e. The molecule has 3 rings (SSSR count). The molecule has 0 unspecified atom stereocenters. The highest BCUT2D eigenvalue weighted by Crippen LogP contribution is 2.29. The van der Waals surface area contributed by atoms with E-state index < -0.39 is 0 Å². The van der Waals surface area contributed by atoms with Gasteiger partial charge in [-0.05, 0) is 47.7 Å². The number of thiophene rings is 1. The molecule has 0 radical (unpaired) electrons. The van der Waals surface area contributed by atoms with Crippen LogP contribution in [0.5, 0.6) is 0 Å². The maximum Gasteiger partial charge on any atom is 0.0348 e. The van der Waals surface area contributed by atoms with Crippen LogP contribution in [-0.2, 0) is 6.54 Å². The van der Waals surface area contributed by atoms with Crippen molar-refractivity contribution in [1.82, 2.24) is 5.32 Å². The van der Waals surface area contributed by atoms with Crippen LogP contribution in [0.15, 0.2) is 23.6 Å². The highest BCUT2D eigenvalue weighted by molar-refractivity contribution is 7.17. The lowest BCUT2D eigenvalue weighted by atomic mass is 9.93. The van der Waals surface area contributed by atoms with Crippen molar-refractivity contribution in [2.45, 2.75) is 38.8 Å². The van der Waals surface area contributed by atoms with Gasteiger partial charge in [-0.1, -0.05) is 18.6 Å². The third-order valence-electron chi connectivity index (χ3n) is 3.57. The van der Waals surface area contributed by atoms with Crippen molar-refractivity contribution >= 4 is 21.4 Å². The molecule has 0 bridgehead atoms. The fraction of sp³-hybridized carbons (Fsp3) is 0.429. The molecule has 84 valence electrons. The second kappa shape index (κ2) is 4.19. The summed E-state index contributed by atoms with van der Waals surface area (Å²) in [6.45, 7) is 3.25. The molecular weight excluding hydrogens is 214 g/mol. The van der Waals surface area contributed by atoms with Crippen LogP contribution in [0.1, 0.15) is 30.4 Å². The molecule has 2 aromatic rings. The maximum atomic E-state index is 3.65. The van der Waals surface area contributed by atoms with E-state index in [2.05, 4.69) is 35.8 Å². The summed E-state index contributed by atoms with van der Waals surface area (Å²) >= 11 is 1.87. The van der Waals surface area contributed by atoms with Gasteiger partial charge in [-0.15, -0.1) is 11.3 Å². The van der Waals surface area contributed by atoms with Gasteiger partial charge in [0, 0.05) is 17.3 Å². The number of benzene rings is 1. The van der Waals surface area contributed by atoms with Gasteiger partial charge in [0.15, 0.2) is 0 Å². The van der Waals surface area contributed by atoms with Crippen molar-refractivity contribution in [1.29, 1.82) is 0 Å².